The predicted molar refractivity (Wildman–Crippen MR) is 65.3 cm³/mol. The second-order valence-electron chi connectivity index (χ2n) is 3.98. The molecular weight excluding hydrogens is 221 g/mol. The lowest BCUT2D eigenvalue weighted by molar-refractivity contribution is -0.119. The Kier molecular flexibility index (Phi) is 5.10. The number of hydrogen-bond acceptors (Lipinski definition) is 2. The van der Waals surface area contributed by atoms with Gasteiger partial charge in [-0.25, -0.2) is 4.39 Å². The predicted octanol–water partition coefficient (Wildman–Crippen LogP) is 2.34. The molecule has 0 heterocycles. The van der Waals surface area contributed by atoms with E-state index in [9.17, 15) is 9.18 Å². The number of carbonyl (C=O) groups is 1. The summed E-state index contributed by atoms with van der Waals surface area (Å²) in [5, 5.41) is 9.14. The highest BCUT2D eigenvalue weighted by Gasteiger charge is 2.17. The maximum absolute atomic E-state index is 13.5. The second-order valence-corrected chi connectivity index (χ2v) is 3.98. The van der Waals surface area contributed by atoms with Gasteiger partial charge in [-0.05, 0) is 32.4 Å². The summed E-state index contributed by atoms with van der Waals surface area (Å²) in [6.07, 6.45) is 0.0992. The third-order valence-electron chi connectivity index (χ3n) is 2.54. The Balaban J connectivity index is 2.78. The quantitative estimate of drug-likeness (QED) is 0.856. The van der Waals surface area contributed by atoms with E-state index in [0.29, 0.717) is 18.7 Å². The summed E-state index contributed by atoms with van der Waals surface area (Å²) in [5.74, 6) is -0.571. The molecule has 1 aromatic rings. The highest BCUT2D eigenvalue weighted by Crippen LogP contribution is 2.19. The number of amides is 1. The van der Waals surface area contributed by atoms with Gasteiger partial charge in [-0.1, -0.05) is 12.1 Å². The van der Waals surface area contributed by atoms with Crippen LogP contribution in [0, 0.1) is 5.82 Å². The number of hydrogen-bond donors (Lipinski definition) is 1. The lowest BCUT2D eigenvalue weighted by Crippen LogP contribution is -2.31. The number of nitrogens with zero attached hydrogens (tertiary/aromatic N) is 1. The number of anilines is 1. The highest BCUT2D eigenvalue weighted by molar-refractivity contribution is 5.93. The van der Waals surface area contributed by atoms with Crippen molar-refractivity contribution in [1.29, 1.82) is 0 Å². The molecule has 1 N–H and O–H groups in total. The summed E-state index contributed by atoms with van der Waals surface area (Å²) in [7, 11) is 0. The van der Waals surface area contributed by atoms with Crippen LogP contribution in [0.25, 0.3) is 0 Å². The fraction of sp³-hybridized carbons (Fsp3) is 0.462. The molecule has 0 spiro atoms. The molecule has 0 aliphatic carbocycles. The van der Waals surface area contributed by atoms with Crippen LogP contribution < -0.4 is 4.90 Å². The molecule has 0 saturated heterocycles. The third-order valence-corrected chi connectivity index (χ3v) is 2.54. The van der Waals surface area contributed by atoms with E-state index in [2.05, 4.69) is 0 Å². The van der Waals surface area contributed by atoms with Gasteiger partial charge >= 0.3 is 0 Å². The Morgan fingerprint density at radius 2 is 2.12 bits per heavy atom. The van der Waals surface area contributed by atoms with Crippen LogP contribution in [0.5, 0.6) is 0 Å². The van der Waals surface area contributed by atoms with Crippen LogP contribution in [0.2, 0.25) is 0 Å². The number of carbonyl (C=O) groups excluding carboxylic acids is 1. The summed E-state index contributed by atoms with van der Waals surface area (Å²) in [5.41, 5.74) is 0.297. The minimum atomic E-state index is -0.515. The smallest absolute Gasteiger partial charge is 0.227 e. The van der Waals surface area contributed by atoms with E-state index in [1.54, 1.807) is 32.0 Å². The van der Waals surface area contributed by atoms with Crippen molar-refractivity contribution in [2.45, 2.75) is 32.8 Å². The van der Waals surface area contributed by atoms with Gasteiger partial charge in [-0.15, -0.1) is 0 Å². The lowest BCUT2D eigenvalue weighted by Gasteiger charge is -2.21. The number of halogens is 1. The molecule has 1 rings (SSSR count). The van der Waals surface area contributed by atoms with Crippen molar-refractivity contribution in [1.82, 2.24) is 0 Å². The van der Waals surface area contributed by atoms with E-state index in [1.165, 1.54) is 11.0 Å². The van der Waals surface area contributed by atoms with Crippen LogP contribution in [0.15, 0.2) is 24.3 Å². The van der Waals surface area contributed by atoms with Crippen LogP contribution in [-0.4, -0.2) is 23.7 Å². The summed E-state index contributed by atoms with van der Waals surface area (Å²) < 4.78 is 13.5. The molecule has 3 nitrogen and oxygen atoms in total. The standard InChI is InChI=1S/C13H18FNO2/c1-3-15(13(17)9-8-10(2)16)12-7-5-4-6-11(12)14/h4-7,10,16H,3,8-9H2,1-2H3. The maximum Gasteiger partial charge on any atom is 0.227 e. The SMILES string of the molecule is CCN(C(=O)CCC(C)O)c1ccccc1F. The zero-order chi connectivity index (χ0) is 12.8. The maximum atomic E-state index is 13.5. The fourth-order valence-corrected chi connectivity index (χ4v) is 1.62. The van der Waals surface area contributed by atoms with E-state index in [-0.39, 0.29) is 12.3 Å². The molecular formula is C13H18FNO2. The van der Waals surface area contributed by atoms with Crippen molar-refractivity contribution in [3.63, 3.8) is 0 Å². The summed E-state index contributed by atoms with van der Waals surface area (Å²) in [6, 6.07) is 6.20. The minimum Gasteiger partial charge on any atom is -0.393 e. The van der Waals surface area contributed by atoms with Crippen LogP contribution in [0.1, 0.15) is 26.7 Å². The Hall–Kier alpha value is -1.42. The highest BCUT2D eigenvalue weighted by atomic mass is 19.1. The molecule has 0 radical (unpaired) electrons. The molecule has 0 aliphatic rings. The number of aliphatic hydroxyl groups is 1. The number of rotatable bonds is 5. The van der Waals surface area contributed by atoms with Gasteiger partial charge in [0.1, 0.15) is 5.82 Å². The van der Waals surface area contributed by atoms with E-state index < -0.39 is 11.9 Å². The monoisotopic (exact) mass is 239 g/mol. The molecule has 94 valence electrons. The average Bonchev–Trinajstić information content (AvgIpc) is 2.30. The van der Waals surface area contributed by atoms with Gasteiger partial charge in [-0.3, -0.25) is 4.79 Å². The average molecular weight is 239 g/mol. The van der Waals surface area contributed by atoms with Crippen molar-refractivity contribution in [3.8, 4) is 0 Å². The number of aliphatic hydroxyl groups excluding tert-OH is 1. The van der Waals surface area contributed by atoms with Crippen LogP contribution >= 0.6 is 0 Å². The lowest BCUT2D eigenvalue weighted by atomic mass is 10.2. The molecule has 1 aromatic carbocycles. The van der Waals surface area contributed by atoms with Gasteiger partial charge in [0.15, 0.2) is 0 Å². The second kappa shape index (κ2) is 6.35. The molecule has 17 heavy (non-hydrogen) atoms. The minimum absolute atomic E-state index is 0.168. The van der Waals surface area contributed by atoms with Gasteiger partial charge in [0.2, 0.25) is 5.91 Å². The zero-order valence-corrected chi connectivity index (χ0v) is 10.2. The van der Waals surface area contributed by atoms with Gasteiger partial charge in [0.05, 0.1) is 11.8 Å². The van der Waals surface area contributed by atoms with Crippen LogP contribution in [0.4, 0.5) is 10.1 Å². The van der Waals surface area contributed by atoms with Crippen molar-refractivity contribution in [2.24, 2.45) is 0 Å². The topological polar surface area (TPSA) is 40.5 Å². The van der Waals surface area contributed by atoms with Crippen molar-refractivity contribution < 1.29 is 14.3 Å². The number of para-hydroxylation sites is 1. The summed E-state index contributed by atoms with van der Waals surface area (Å²) in [6.45, 7) is 3.85. The van der Waals surface area contributed by atoms with Crippen LogP contribution in [-0.2, 0) is 4.79 Å². The largest absolute Gasteiger partial charge is 0.393 e. The van der Waals surface area contributed by atoms with Crippen LogP contribution in [0.3, 0.4) is 0 Å². The van der Waals surface area contributed by atoms with Gasteiger partial charge in [-0.2, -0.15) is 0 Å². The zero-order valence-electron chi connectivity index (χ0n) is 10.2. The molecule has 0 aliphatic heterocycles. The summed E-state index contributed by atoms with van der Waals surface area (Å²) >= 11 is 0. The van der Waals surface area contributed by atoms with Gasteiger partial charge < -0.3 is 10.0 Å². The normalized spacial score (nSPS) is 12.2. The molecule has 1 amide bonds. The molecule has 4 heteroatoms. The van der Waals surface area contributed by atoms with E-state index >= 15 is 0 Å². The first kappa shape index (κ1) is 13.6. The molecule has 0 fully saturated rings. The van der Waals surface area contributed by atoms with Crippen molar-refractivity contribution >= 4 is 11.6 Å². The Morgan fingerprint density at radius 3 is 2.65 bits per heavy atom. The van der Waals surface area contributed by atoms with E-state index in [4.69, 9.17) is 5.11 Å². The van der Waals surface area contributed by atoms with Crippen molar-refractivity contribution in [3.05, 3.63) is 30.1 Å². The van der Waals surface area contributed by atoms with E-state index in [0.717, 1.165) is 0 Å². The molecule has 0 aromatic heterocycles. The molecule has 0 saturated carbocycles. The Morgan fingerprint density at radius 1 is 1.47 bits per heavy atom. The summed E-state index contributed by atoms with van der Waals surface area (Å²) in [4.78, 5) is 13.3. The van der Waals surface area contributed by atoms with Gasteiger partial charge in [0, 0.05) is 13.0 Å². The third kappa shape index (κ3) is 3.82. The van der Waals surface area contributed by atoms with E-state index in [1.807, 2.05) is 0 Å². The Labute approximate surface area is 101 Å². The molecule has 1 unspecified atom stereocenters. The Bertz CT molecular complexity index is 379. The van der Waals surface area contributed by atoms with Gasteiger partial charge in [0.25, 0.3) is 0 Å². The van der Waals surface area contributed by atoms with Crippen molar-refractivity contribution in [2.75, 3.05) is 11.4 Å². The fourth-order valence-electron chi connectivity index (χ4n) is 1.62. The first-order valence-electron chi connectivity index (χ1n) is 5.79. The molecule has 1 atom stereocenters. The first-order chi connectivity index (χ1) is 8.06. The first-order valence-corrected chi connectivity index (χ1v) is 5.79. The molecule has 0 bridgehead atoms. The number of benzene rings is 1.